The molecular weight excluding hydrogens is 314 g/mol. The van der Waals surface area contributed by atoms with Gasteiger partial charge in [0.05, 0.1) is 0 Å². The number of amides is 2. The number of hydrogen-bond donors (Lipinski definition) is 3. The summed E-state index contributed by atoms with van der Waals surface area (Å²) >= 11 is 0. The Hall–Kier alpha value is -1.59. The average molecular weight is 342 g/mol. The van der Waals surface area contributed by atoms with Crippen LogP contribution in [0.3, 0.4) is 0 Å². The lowest BCUT2D eigenvalue weighted by Crippen LogP contribution is -2.29. The number of halogens is 1. The fourth-order valence-corrected chi connectivity index (χ4v) is 1.81. The van der Waals surface area contributed by atoms with Gasteiger partial charge >= 0.3 is 0 Å². The molecule has 0 spiro atoms. The van der Waals surface area contributed by atoms with Crippen LogP contribution in [0.5, 0.6) is 0 Å². The first-order chi connectivity index (χ1) is 10.1. The molecule has 23 heavy (non-hydrogen) atoms. The molecule has 0 radical (unpaired) electrons. The predicted octanol–water partition coefficient (Wildman–Crippen LogP) is 3.20. The molecule has 5 nitrogen and oxygen atoms in total. The van der Waals surface area contributed by atoms with Crippen LogP contribution in [0.1, 0.15) is 33.3 Å². The summed E-state index contributed by atoms with van der Waals surface area (Å²) in [6, 6.07) is 5.52. The van der Waals surface area contributed by atoms with E-state index in [1.54, 1.807) is 6.07 Å². The molecule has 0 heterocycles. The minimum Gasteiger partial charge on any atom is -0.326 e. The molecule has 6 heteroatoms. The van der Waals surface area contributed by atoms with Gasteiger partial charge in [0.25, 0.3) is 0 Å². The highest BCUT2D eigenvalue weighted by Crippen LogP contribution is 2.23. The lowest BCUT2D eigenvalue weighted by atomic mass is 9.95. The number of nitrogens with one attached hydrogen (secondary N) is 3. The van der Waals surface area contributed by atoms with Crippen molar-refractivity contribution in [2.24, 2.45) is 11.3 Å². The van der Waals surface area contributed by atoms with E-state index in [0.29, 0.717) is 12.2 Å². The quantitative estimate of drug-likeness (QED) is 0.770. The van der Waals surface area contributed by atoms with Crippen molar-refractivity contribution in [2.45, 2.75) is 34.6 Å². The number of benzene rings is 1. The second-order valence-corrected chi connectivity index (χ2v) is 6.68. The molecule has 0 saturated carbocycles. The zero-order chi connectivity index (χ0) is 16.9. The molecule has 130 valence electrons. The Morgan fingerprint density at radius 2 is 1.78 bits per heavy atom. The fraction of sp³-hybridized carbons (Fsp3) is 0.529. The van der Waals surface area contributed by atoms with E-state index in [-0.39, 0.29) is 30.1 Å². The predicted molar refractivity (Wildman–Crippen MR) is 98.2 cm³/mol. The van der Waals surface area contributed by atoms with Crippen molar-refractivity contribution in [1.29, 1.82) is 0 Å². The first-order valence-electron chi connectivity index (χ1n) is 7.52. The third-order valence-electron chi connectivity index (χ3n) is 3.39. The Labute approximate surface area is 145 Å². The number of carbonyl (C=O) groups is 2. The summed E-state index contributed by atoms with van der Waals surface area (Å²) < 4.78 is 0. The normalized spacial score (nSPS) is 12.1. The molecule has 1 aromatic rings. The summed E-state index contributed by atoms with van der Waals surface area (Å²) in [6.45, 7) is 10.00. The van der Waals surface area contributed by atoms with Gasteiger partial charge in [0.1, 0.15) is 0 Å². The molecule has 2 amide bonds. The van der Waals surface area contributed by atoms with Crippen LogP contribution in [-0.4, -0.2) is 25.4 Å². The smallest absolute Gasteiger partial charge is 0.229 e. The SMILES string of the molecule is CNCC(C)C(=O)Nc1ccc(C)c(NC(=O)C(C)(C)C)c1.Cl. The van der Waals surface area contributed by atoms with E-state index in [1.165, 1.54) is 0 Å². The summed E-state index contributed by atoms with van der Waals surface area (Å²) in [6.07, 6.45) is 0. The van der Waals surface area contributed by atoms with Gasteiger partial charge in [0, 0.05) is 29.3 Å². The molecule has 1 atom stereocenters. The Morgan fingerprint density at radius 1 is 1.17 bits per heavy atom. The second-order valence-electron chi connectivity index (χ2n) is 6.68. The van der Waals surface area contributed by atoms with Crippen molar-refractivity contribution < 1.29 is 9.59 Å². The minimum absolute atomic E-state index is 0. The van der Waals surface area contributed by atoms with Crippen molar-refractivity contribution >= 4 is 35.6 Å². The molecule has 1 rings (SSSR count). The van der Waals surface area contributed by atoms with Gasteiger partial charge in [-0.15, -0.1) is 12.4 Å². The zero-order valence-electron chi connectivity index (χ0n) is 14.7. The minimum atomic E-state index is -0.465. The van der Waals surface area contributed by atoms with Gasteiger partial charge in [0.2, 0.25) is 11.8 Å². The first kappa shape index (κ1) is 21.4. The van der Waals surface area contributed by atoms with Crippen molar-refractivity contribution in [3.05, 3.63) is 23.8 Å². The second kappa shape index (κ2) is 8.89. The average Bonchev–Trinajstić information content (AvgIpc) is 2.41. The molecule has 0 saturated heterocycles. The van der Waals surface area contributed by atoms with Crippen molar-refractivity contribution in [1.82, 2.24) is 5.32 Å². The van der Waals surface area contributed by atoms with Crippen LogP contribution in [0.2, 0.25) is 0 Å². The van der Waals surface area contributed by atoms with E-state index >= 15 is 0 Å². The van der Waals surface area contributed by atoms with Crippen LogP contribution in [0.25, 0.3) is 0 Å². The van der Waals surface area contributed by atoms with Crippen LogP contribution >= 0.6 is 12.4 Å². The Balaban J connectivity index is 0.00000484. The molecule has 0 aromatic heterocycles. The zero-order valence-corrected chi connectivity index (χ0v) is 15.6. The van der Waals surface area contributed by atoms with Gasteiger partial charge in [-0.25, -0.2) is 0 Å². The van der Waals surface area contributed by atoms with Gasteiger partial charge in [-0.1, -0.05) is 33.8 Å². The van der Waals surface area contributed by atoms with Gasteiger partial charge in [-0.05, 0) is 31.7 Å². The maximum atomic E-state index is 12.1. The van der Waals surface area contributed by atoms with E-state index in [2.05, 4.69) is 16.0 Å². The number of rotatable bonds is 5. The first-order valence-corrected chi connectivity index (χ1v) is 7.52. The standard InChI is InChI=1S/C17H27N3O2.ClH/c1-11-7-8-13(19-15(21)12(2)10-18-6)9-14(11)20-16(22)17(3,4)5;/h7-9,12,18H,10H2,1-6H3,(H,19,21)(H,20,22);1H. The maximum Gasteiger partial charge on any atom is 0.229 e. The van der Waals surface area contributed by atoms with E-state index in [1.807, 2.05) is 53.8 Å². The number of hydrogen-bond acceptors (Lipinski definition) is 3. The number of anilines is 2. The largest absolute Gasteiger partial charge is 0.326 e. The third kappa shape index (κ3) is 6.59. The number of carbonyl (C=O) groups excluding carboxylic acids is 2. The Bertz CT molecular complexity index is 553. The topological polar surface area (TPSA) is 70.2 Å². The van der Waals surface area contributed by atoms with Crippen LogP contribution in [0.15, 0.2) is 18.2 Å². The number of aryl methyl sites for hydroxylation is 1. The highest BCUT2D eigenvalue weighted by molar-refractivity contribution is 5.97. The molecule has 0 aliphatic carbocycles. The molecule has 0 aliphatic rings. The fourth-order valence-electron chi connectivity index (χ4n) is 1.81. The van der Waals surface area contributed by atoms with Gasteiger partial charge < -0.3 is 16.0 Å². The van der Waals surface area contributed by atoms with Crippen LogP contribution in [0, 0.1) is 18.3 Å². The van der Waals surface area contributed by atoms with Gasteiger partial charge in [-0.3, -0.25) is 9.59 Å². The summed E-state index contributed by atoms with van der Waals surface area (Å²) in [5.41, 5.74) is 1.90. The molecular formula is C17H28ClN3O2. The van der Waals surface area contributed by atoms with Gasteiger partial charge in [0.15, 0.2) is 0 Å². The van der Waals surface area contributed by atoms with E-state index in [0.717, 1.165) is 11.3 Å². The molecule has 0 aliphatic heterocycles. The van der Waals surface area contributed by atoms with Crippen LogP contribution in [0.4, 0.5) is 11.4 Å². The maximum absolute atomic E-state index is 12.1. The monoisotopic (exact) mass is 341 g/mol. The van der Waals surface area contributed by atoms with E-state index in [4.69, 9.17) is 0 Å². The summed E-state index contributed by atoms with van der Waals surface area (Å²) in [5, 5.41) is 8.77. The summed E-state index contributed by atoms with van der Waals surface area (Å²) in [4.78, 5) is 24.1. The Kier molecular flexibility index (Phi) is 8.28. The summed E-state index contributed by atoms with van der Waals surface area (Å²) in [7, 11) is 1.82. The van der Waals surface area contributed by atoms with Crippen molar-refractivity contribution in [3.63, 3.8) is 0 Å². The lowest BCUT2D eigenvalue weighted by Gasteiger charge is -2.19. The molecule has 0 bridgehead atoms. The van der Waals surface area contributed by atoms with Crippen molar-refractivity contribution in [2.75, 3.05) is 24.2 Å². The highest BCUT2D eigenvalue weighted by Gasteiger charge is 2.22. The molecule has 1 unspecified atom stereocenters. The van der Waals surface area contributed by atoms with E-state index < -0.39 is 5.41 Å². The third-order valence-corrected chi connectivity index (χ3v) is 3.39. The van der Waals surface area contributed by atoms with Gasteiger partial charge in [-0.2, -0.15) is 0 Å². The summed E-state index contributed by atoms with van der Waals surface area (Å²) in [5.74, 6) is -0.229. The van der Waals surface area contributed by atoms with Crippen LogP contribution in [-0.2, 0) is 9.59 Å². The highest BCUT2D eigenvalue weighted by atomic mass is 35.5. The molecule has 3 N–H and O–H groups in total. The lowest BCUT2D eigenvalue weighted by molar-refractivity contribution is -0.123. The van der Waals surface area contributed by atoms with Crippen molar-refractivity contribution in [3.8, 4) is 0 Å². The molecule has 0 fully saturated rings. The Morgan fingerprint density at radius 3 is 2.30 bits per heavy atom. The van der Waals surface area contributed by atoms with Crippen LogP contribution < -0.4 is 16.0 Å². The molecule has 1 aromatic carbocycles. The van der Waals surface area contributed by atoms with E-state index in [9.17, 15) is 9.59 Å².